The van der Waals surface area contributed by atoms with E-state index in [1.165, 1.54) is 38.5 Å². The monoisotopic (exact) mass is 294 g/mol. The van der Waals surface area contributed by atoms with E-state index in [4.69, 9.17) is 17.0 Å². The number of hydrogen-bond donors (Lipinski definition) is 2. The number of unbranched alkanes of at least 4 members (excludes halogenated alkanes) is 5. The van der Waals surface area contributed by atoms with Crippen LogP contribution in [0.1, 0.15) is 45.4 Å². The van der Waals surface area contributed by atoms with Crippen LogP contribution in [0.5, 0.6) is 5.75 Å². The SMILES string of the molecule is CCCCCCCCNC(=S)Nc1ccc(OC)cc1. The van der Waals surface area contributed by atoms with Gasteiger partial charge < -0.3 is 15.4 Å². The predicted octanol–water partition coefficient (Wildman–Crippen LogP) is 4.34. The van der Waals surface area contributed by atoms with Gasteiger partial charge in [-0.3, -0.25) is 0 Å². The number of methoxy groups -OCH3 is 1. The first kappa shape index (κ1) is 16.8. The normalized spacial score (nSPS) is 10.1. The number of hydrogen-bond acceptors (Lipinski definition) is 2. The Kier molecular flexibility index (Phi) is 8.79. The molecule has 0 aromatic heterocycles. The zero-order valence-corrected chi connectivity index (χ0v) is 13.4. The molecule has 112 valence electrons. The van der Waals surface area contributed by atoms with Crippen LogP contribution in [0.4, 0.5) is 5.69 Å². The lowest BCUT2D eigenvalue weighted by molar-refractivity contribution is 0.415. The van der Waals surface area contributed by atoms with Gasteiger partial charge in [-0.1, -0.05) is 39.0 Å². The molecular formula is C16H26N2OS. The van der Waals surface area contributed by atoms with Crippen molar-refractivity contribution in [3.05, 3.63) is 24.3 Å². The minimum atomic E-state index is 0.684. The highest BCUT2D eigenvalue weighted by atomic mass is 32.1. The van der Waals surface area contributed by atoms with Gasteiger partial charge in [-0.25, -0.2) is 0 Å². The van der Waals surface area contributed by atoms with Gasteiger partial charge in [0.15, 0.2) is 5.11 Å². The van der Waals surface area contributed by atoms with Crippen molar-refractivity contribution in [3.63, 3.8) is 0 Å². The van der Waals surface area contributed by atoms with Gasteiger partial charge in [0.05, 0.1) is 7.11 Å². The second-order valence-corrected chi connectivity index (χ2v) is 5.29. The summed E-state index contributed by atoms with van der Waals surface area (Å²) >= 11 is 5.26. The molecule has 0 spiro atoms. The van der Waals surface area contributed by atoms with Crippen LogP contribution in [0.3, 0.4) is 0 Å². The van der Waals surface area contributed by atoms with E-state index in [0.29, 0.717) is 5.11 Å². The molecule has 1 aromatic carbocycles. The Bertz CT molecular complexity index is 379. The van der Waals surface area contributed by atoms with Crippen LogP contribution < -0.4 is 15.4 Å². The summed E-state index contributed by atoms with van der Waals surface area (Å²) in [5, 5.41) is 7.09. The van der Waals surface area contributed by atoms with Gasteiger partial charge >= 0.3 is 0 Å². The first-order valence-corrected chi connectivity index (χ1v) is 7.86. The Labute approximate surface area is 128 Å². The molecule has 0 unspecified atom stereocenters. The van der Waals surface area contributed by atoms with Crippen LogP contribution in [0.15, 0.2) is 24.3 Å². The summed E-state index contributed by atoms with van der Waals surface area (Å²) in [5.74, 6) is 0.849. The molecule has 3 nitrogen and oxygen atoms in total. The third kappa shape index (κ3) is 7.34. The molecule has 0 amide bonds. The zero-order chi connectivity index (χ0) is 14.6. The maximum absolute atomic E-state index is 5.26. The third-order valence-electron chi connectivity index (χ3n) is 3.16. The molecule has 0 heterocycles. The number of nitrogens with one attached hydrogen (secondary N) is 2. The lowest BCUT2D eigenvalue weighted by Gasteiger charge is -2.10. The molecule has 0 aliphatic heterocycles. The largest absolute Gasteiger partial charge is 0.497 e. The molecule has 0 saturated carbocycles. The Hall–Kier alpha value is -1.29. The molecule has 20 heavy (non-hydrogen) atoms. The van der Waals surface area contributed by atoms with Crippen LogP contribution in [0.25, 0.3) is 0 Å². The van der Waals surface area contributed by atoms with E-state index in [2.05, 4.69) is 17.6 Å². The van der Waals surface area contributed by atoms with E-state index >= 15 is 0 Å². The first-order valence-electron chi connectivity index (χ1n) is 7.45. The van der Waals surface area contributed by atoms with Crippen LogP contribution in [0.2, 0.25) is 0 Å². The fourth-order valence-corrected chi connectivity index (χ4v) is 2.18. The van der Waals surface area contributed by atoms with Gasteiger partial charge in [0, 0.05) is 12.2 Å². The summed E-state index contributed by atoms with van der Waals surface area (Å²) in [6.45, 7) is 3.18. The Morgan fingerprint density at radius 1 is 1.05 bits per heavy atom. The molecule has 0 aliphatic rings. The highest BCUT2D eigenvalue weighted by Crippen LogP contribution is 2.14. The quantitative estimate of drug-likeness (QED) is 0.524. The number of anilines is 1. The van der Waals surface area contributed by atoms with E-state index in [0.717, 1.165) is 18.0 Å². The highest BCUT2D eigenvalue weighted by molar-refractivity contribution is 7.80. The van der Waals surface area contributed by atoms with Crippen molar-refractivity contribution in [3.8, 4) is 5.75 Å². The summed E-state index contributed by atoms with van der Waals surface area (Å²) in [5.41, 5.74) is 0.978. The summed E-state index contributed by atoms with van der Waals surface area (Å²) < 4.78 is 5.12. The Balaban J connectivity index is 2.10. The summed E-state index contributed by atoms with van der Waals surface area (Å²) in [4.78, 5) is 0. The molecule has 0 aliphatic carbocycles. The molecule has 0 saturated heterocycles. The minimum Gasteiger partial charge on any atom is -0.497 e. The standard InChI is InChI=1S/C16H26N2OS/c1-3-4-5-6-7-8-13-17-16(20)18-14-9-11-15(19-2)12-10-14/h9-12H,3-8,13H2,1-2H3,(H2,17,18,20). The third-order valence-corrected chi connectivity index (χ3v) is 3.41. The van der Waals surface area contributed by atoms with Crippen molar-refractivity contribution in [1.82, 2.24) is 5.32 Å². The molecule has 0 radical (unpaired) electrons. The molecule has 4 heteroatoms. The number of rotatable bonds is 9. The van der Waals surface area contributed by atoms with Gasteiger partial charge in [0.1, 0.15) is 5.75 Å². The number of benzene rings is 1. The molecule has 0 fully saturated rings. The lowest BCUT2D eigenvalue weighted by atomic mass is 10.1. The molecular weight excluding hydrogens is 268 g/mol. The van der Waals surface area contributed by atoms with Gasteiger partial charge in [-0.2, -0.15) is 0 Å². The van der Waals surface area contributed by atoms with Crippen molar-refractivity contribution in [2.45, 2.75) is 45.4 Å². The molecule has 2 N–H and O–H groups in total. The Morgan fingerprint density at radius 2 is 1.70 bits per heavy atom. The summed E-state index contributed by atoms with van der Waals surface area (Å²) in [6, 6.07) is 7.74. The smallest absolute Gasteiger partial charge is 0.170 e. The van der Waals surface area contributed by atoms with Crippen LogP contribution >= 0.6 is 12.2 Å². The molecule has 1 aromatic rings. The molecule has 0 bridgehead atoms. The van der Waals surface area contributed by atoms with Crippen molar-refractivity contribution in [2.75, 3.05) is 19.0 Å². The van der Waals surface area contributed by atoms with Crippen molar-refractivity contribution < 1.29 is 4.74 Å². The van der Waals surface area contributed by atoms with E-state index in [9.17, 15) is 0 Å². The lowest BCUT2D eigenvalue weighted by Crippen LogP contribution is -2.29. The number of thiocarbonyl (C=S) groups is 1. The maximum atomic E-state index is 5.26. The van der Waals surface area contributed by atoms with Crippen molar-refractivity contribution >= 4 is 23.0 Å². The highest BCUT2D eigenvalue weighted by Gasteiger charge is 1.98. The van der Waals surface area contributed by atoms with E-state index in [-0.39, 0.29) is 0 Å². The second-order valence-electron chi connectivity index (χ2n) is 4.88. The molecule has 1 rings (SSSR count). The van der Waals surface area contributed by atoms with E-state index < -0.39 is 0 Å². The average molecular weight is 294 g/mol. The second kappa shape index (κ2) is 10.5. The van der Waals surface area contributed by atoms with Gasteiger partial charge in [0.25, 0.3) is 0 Å². The zero-order valence-electron chi connectivity index (χ0n) is 12.6. The average Bonchev–Trinajstić information content (AvgIpc) is 2.47. The van der Waals surface area contributed by atoms with E-state index in [1.807, 2.05) is 24.3 Å². The Morgan fingerprint density at radius 3 is 2.35 bits per heavy atom. The van der Waals surface area contributed by atoms with Crippen LogP contribution in [0, 0.1) is 0 Å². The van der Waals surface area contributed by atoms with Crippen LogP contribution in [-0.4, -0.2) is 18.8 Å². The topological polar surface area (TPSA) is 33.3 Å². The number of ether oxygens (including phenoxy) is 1. The fraction of sp³-hybridized carbons (Fsp3) is 0.562. The fourth-order valence-electron chi connectivity index (χ4n) is 1.96. The van der Waals surface area contributed by atoms with Crippen molar-refractivity contribution in [2.24, 2.45) is 0 Å². The maximum Gasteiger partial charge on any atom is 0.170 e. The molecule has 0 atom stereocenters. The first-order chi connectivity index (χ1) is 9.76. The van der Waals surface area contributed by atoms with Gasteiger partial charge in [-0.05, 0) is 42.9 Å². The summed E-state index contributed by atoms with van der Waals surface area (Å²) in [6.07, 6.45) is 7.78. The van der Waals surface area contributed by atoms with Gasteiger partial charge in [0.2, 0.25) is 0 Å². The predicted molar refractivity (Wildman–Crippen MR) is 90.6 cm³/mol. The minimum absolute atomic E-state index is 0.684. The summed E-state index contributed by atoms with van der Waals surface area (Å²) in [7, 11) is 1.66. The van der Waals surface area contributed by atoms with E-state index in [1.54, 1.807) is 7.11 Å². The van der Waals surface area contributed by atoms with Crippen molar-refractivity contribution in [1.29, 1.82) is 0 Å². The van der Waals surface area contributed by atoms with Crippen LogP contribution in [-0.2, 0) is 0 Å². The van der Waals surface area contributed by atoms with Gasteiger partial charge in [-0.15, -0.1) is 0 Å².